The summed E-state index contributed by atoms with van der Waals surface area (Å²) >= 11 is 2.54. The van der Waals surface area contributed by atoms with Crippen LogP contribution in [0.25, 0.3) is 0 Å². The molecule has 5 rings (SSSR count). The first-order chi connectivity index (χ1) is 18.3. The van der Waals surface area contributed by atoms with Crippen molar-refractivity contribution in [3.8, 4) is 6.07 Å². The van der Waals surface area contributed by atoms with Gasteiger partial charge in [0.05, 0.1) is 23.3 Å². The average molecular weight is 543 g/mol. The van der Waals surface area contributed by atoms with Gasteiger partial charge in [0.1, 0.15) is 5.82 Å². The van der Waals surface area contributed by atoms with E-state index in [0.717, 1.165) is 16.9 Å². The van der Waals surface area contributed by atoms with E-state index >= 15 is 0 Å². The fourth-order valence-corrected chi connectivity index (χ4v) is 6.58. The molecule has 0 spiro atoms. The van der Waals surface area contributed by atoms with Gasteiger partial charge in [-0.25, -0.2) is 0 Å². The van der Waals surface area contributed by atoms with Crippen LogP contribution in [0, 0.1) is 16.7 Å². The van der Waals surface area contributed by atoms with Crippen LogP contribution in [0.1, 0.15) is 38.2 Å². The van der Waals surface area contributed by atoms with E-state index in [1.807, 2.05) is 60.7 Å². The van der Waals surface area contributed by atoms with Crippen LogP contribution < -0.4 is 16.0 Å². The van der Waals surface area contributed by atoms with E-state index in [9.17, 15) is 14.9 Å². The van der Waals surface area contributed by atoms with Crippen LogP contribution in [0.3, 0.4) is 0 Å². The number of hydrogen-bond acceptors (Lipinski definition) is 9. The standard InChI is InChI=1S/C28H26N6O2S2/c1-28(2)13-20-24(21(35)14-28)23(17-9-5-3-6-10-17)19(15-29)25(30)34(20)26-32-33-27(38-26)37-16-22(36)31-18-11-7-4-8-12-18/h3-12,23H,13-14,16,30H2,1-2H3,(H,31,36). The van der Waals surface area contributed by atoms with Gasteiger partial charge in [-0.1, -0.05) is 85.5 Å². The summed E-state index contributed by atoms with van der Waals surface area (Å²) in [4.78, 5) is 27.7. The lowest BCUT2D eigenvalue weighted by Gasteiger charge is -2.42. The second-order valence-corrected chi connectivity index (χ2v) is 12.1. The normalized spacial score (nSPS) is 18.7. The van der Waals surface area contributed by atoms with Gasteiger partial charge in [-0.2, -0.15) is 5.26 Å². The fourth-order valence-electron chi connectivity index (χ4n) is 4.90. The van der Waals surface area contributed by atoms with Crippen LogP contribution in [0.4, 0.5) is 10.8 Å². The summed E-state index contributed by atoms with van der Waals surface area (Å²) in [5.41, 5.74) is 9.62. The Kier molecular flexibility index (Phi) is 7.06. The average Bonchev–Trinajstić information content (AvgIpc) is 3.35. The summed E-state index contributed by atoms with van der Waals surface area (Å²) in [7, 11) is 0. The highest BCUT2D eigenvalue weighted by Crippen LogP contribution is 2.50. The first-order valence-corrected chi connectivity index (χ1v) is 13.9. The molecule has 2 aliphatic rings. The summed E-state index contributed by atoms with van der Waals surface area (Å²) in [6.45, 7) is 4.10. The van der Waals surface area contributed by atoms with E-state index < -0.39 is 5.92 Å². The number of nitrogens with one attached hydrogen (secondary N) is 1. The number of nitriles is 1. The molecule has 2 aromatic carbocycles. The topological polar surface area (TPSA) is 125 Å². The molecule has 0 saturated carbocycles. The van der Waals surface area contributed by atoms with Gasteiger partial charge in [0.2, 0.25) is 11.0 Å². The number of aromatic nitrogens is 2. The molecular formula is C28H26N6O2S2. The number of thioether (sulfide) groups is 1. The molecular weight excluding hydrogens is 516 g/mol. The summed E-state index contributed by atoms with van der Waals surface area (Å²) in [5.74, 6) is -0.266. The number of allylic oxidation sites excluding steroid dienone is 3. The molecule has 10 heteroatoms. The van der Waals surface area contributed by atoms with Gasteiger partial charge in [0, 0.05) is 23.4 Å². The number of carbonyl (C=O) groups is 2. The van der Waals surface area contributed by atoms with Gasteiger partial charge in [-0.15, -0.1) is 10.2 Å². The molecule has 0 saturated heterocycles. The van der Waals surface area contributed by atoms with Crippen molar-refractivity contribution in [2.45, 2.75) is 36.9 Å². The van der Waals surface area contributed by atoms with Crippen LogP contribution in [0.2, 0.25) is 0 Å². The van der Waals surface area contributed by atoms with E-state index in [1.54, 1.807) is 4.90 Å². The van der Waals surface area contributed by atoms with Crippen molar-refractivity contribution in [1.29, 1.82) is 5.26 Å². The first-order valence-electron chi connectivity index (χ1n) is 12.1. The molecule has 0 bridgehead atoms. The molecule has 38 heavy (non-hydrogen) atoms. The lowest BCUT2D eigenvalue weighted by Crippen LogP contribution is -2.42. The monoisotopic (exact) mass is 542 g/mol. The summed E-state index contributed by atoms with van der Waals surface area (Å²) in [6, 6.07) is 21.0. The number of amides is 1. The zero-order valence-electron chi connectivity index (χ0n) is 21.0. The maximum absolute atomic E-state index is 13.6. The fraction of sp³-hybridized carbons (Fsp3) is 0.250. The van der Waals surface area contributed by atoms with Crippen molar-refractivity contribution >= 4 is 45.6 Å². The van der Waals surface area contributed by atoms with E-state index in [1.165, 1.54) is 23.1 Å². The lowest BCUT2D eigenvalue weighted by molar-refractivity contribution is -0.118. The Morgan fingerprint density at radius 2 is 1.84 bits per heavy atom. The molecule has 1 aromatic heterocycles. The van der Waals surface area contributed by atoms with Crippen LogP contribution in [-0.2, 0) is 9.59 Å². The molecule has 1 aliphatic carbocycles. The Morgan fingerprint density at radius 3 is 2.53 bits per heavy atom. The van der Waals surface area contributed by atoms with Crippen molar-refractivity contribution in [1.82, 2.24) is 10.2 Å². The molecule has 1 aliphatic heterocycles. The summed E-state index contributed by atoms with van der Waals surface area (Å²) in [5, 5.41) is 22.1. The zero-order chi connectivity index (χ0) is 26.9. The molecule has 192 valence electrons. The minimum atomic E-state index is -0.528. The molecule has 1 unspecified atom stereocenters. The number of rotatable bonds is 6. The highest BCUT2D eigenvalue weighted by molar-refractivity contribution is 8.01. The van der Waals surface area contributed by atoms with Crippen molar-refractivity contribution < 1.29 is 9.59 Å². The Bertz CT molecular complexity index is 1490. The number of nitrogens with zero attached hydrogens (tertiary/aromatic N) is 4. The molecule has 3 aromatic rings. The molecule has 8 nitrogen and oxygen atoms in total. The van der Waals surface area contributed by atoms with E-state index in [0.29, 0.717) is 33.5 Å². The highest BCUT2D eigenvalue weighted by Gasteiger charge is 2.45. The maximum atomic E-state index is 13.6. The van der Waals surface area contributed by atoms with Gasteiger partial charge < -0.3 is 11.1 Å². The third-order valence-corrected chi connectivity index (χ3v) is 8.53. The van der Waals surface area contributed by atoms with Gasteiger partial charge >= 0.3 is 0 Å². The third-order valence-electron chi connectivity index (χ3n) is 6.49. The number of benzene rings is 2. The van der Waals surface area contributed by atoms with Crippen LogP contribution in [0.15, 0.2) is 87.7 Å². The zero-order valence-corrected chi connectivity index (χ0v) is 22.6. The van der Waals surface area contributed by atoms with Gasteiger partial charge in [0.15, 0.2) is 10.1 Å². The number of anilines is 2. The number of carbonyl (C=O) groups excluding carboxylic acids is 2. The number of ketones is 1. The van der Waals surface area contributed by atoms with Crippen LogP contribution in [-0.4, -0.2) is 27.6 Å². The highest BCUT2D eigenvalue weighted by atomic mass is 32.2. The molecule has 0 fully saturated rings. The SMILES string of the molecule is CC1(C)CC(=O)C2=C(C1)N(c1nnc(SCC(=O)Nc3ccccc3)s1)C(N)=C(C#N)C2c1ccccc1. The maximum Gasteiger partial charge on any atom is 0.234 e. The number of Topliss-reactive ketones (excluding diaryl/α,β-unsaturated/α-hetero) is 1. The second-order valence-electron chi connectivity index (χ2n) is 9.94. The summed E-state index contributed by atoms with van der Waals surface area (Å²) in [6.07, 6.45) is 0.980. The minimum Gasteiger partial charge on any atom is -0.384 e. The number of para-hydroxylation sites is 1. The first kappa shape index (κ1) is 25.7. The molecule has 1 amide bonds. The number of hydrogen-bond donors (Lipinski definition) is 2. The van der Waals surface area contributed by atoms with Crippen molar-refractivity contribution in [2.24, 2.45) is 11.1 Å². The quantitative estimate of drug-likeness (QED) is 0.407. The van der Waals surface area contributed by atoms with Gasteiger partial charge in [-0.05, 0) is 29.5 Å². The largest absolute Gasteiger partial charge is 0.384 e. The van der Waals surface area contributed by atoms with Crippen LogP contribution in [0.5, 0.6) is 0 Å². The van der Waals surface area contributed by atoms with Crippen molar-refractivity contribution in [3.63, 3.8) is 0 Å². The van der Waals surface area contributed by atoms with Crippen molar-refractivity contribution in [2.75, 3.05) is 16.0 Å². The van der Waals surface area contributed by atoms with Crippen LogP contribution >= 0.6 is 23.1 Å². The Hall–Kier alpha value is -3.94. The Morgan fingerprint density at radius 1 is 1.16 bits per heavy atom. The third kappa shape index (κ3) is 5.08. The molecule has 1 atom stereocenters. The molecule has 2 heterocycles. The second kappa shape index (κ2) is 10.4. The molecule has 3 N–H and O–H groups in total. The minimum absolute atomic E-state index is 0.00653. The van der Waals surface area contributed by atoms with E-state index in [-0.39, 0.29) is 28.7 Å². The smallest absolute Gasteiger partial charge is 0.234 e. The van der Waals surface area contributed by atoms with Gasteiger partial charge in [-0.3, -0.25) is 14.5 Å². The Balaban J connectivity index is 1.47. The van der Waals surface area contributed by atoms with E-state index in [2.05, 4.69) is 35.4 Å². The summed E-state index contributed by atoms with van der Waals surface area (Å²) < 4.78 is 0.586. The lowest BCUT2D eigenvalue weighted by atomic mass is 9.69. The predicted octanol–water partition coefficient (Wildman–Crippen LogP) is 5.21. The Labute approximate surface area is 229 Å². The van der Waals surface area contributed by atoms with Crippen molar-refractivity contribution in [3.05, 3.63) is 88.9 Å². The number of nitrogens with two attached hydrogens (primary N) is 1. The predicted molar refractivity (Wildman–Crippen MR) is 149 cm³/mol. The van der Waals surface area contributed by atoms with Gasteiger partial charge in [0.25, 0.3) is 0 Å². The molecule has 0 radical (unpaired) electrons. The van der Waals surface area contributed by atoms with E-state index in [4.69, 9.17) is 5.73 Å².